The molecule has 1 aliphatic heterocycles. The van der Waals surface area contributed by atoms with Gasteiger partial charge in [0.25, 0.3) is 11.8 Å². The molecule has 0 saturated carbocycles. The van der Waals surface area contributed by atoms with Crippen molar-refractivity contribution in [3.63, 3.8) is 0 Å². The lowest BCUT2D eigenvalue weighted by Crippen LogP contribution is -2.49. The van der Waals surface area contributed by atoms with E-state index < -0.39 is 0 Å². The van der Waals surface area contributed by atoms with Crippen molar-refractivity contribution >= 4 is 34.3 Å². The van der Waals surface area contributed by atoms with Crippen LogP contribution in [0.2, 0.25) is 5.02 Å². The highest BCUT2D eigenvalue weighted by Gasteiger charge is 2.30. The predicted molar refractivity (Wildman–Crippen MR) is 120 cm³/mol. The second-order valence-corrected chi connectivity index (χ2v) is 8.24. The molecular formula is C24H26ClN3O2. The van der Waals surface area contributed by atoms with E-state index in [0.717, 1.165) is 30.2 Å². The molecular weight excluding hydrogens is 398 g/mol. The molecule has 0 spiro atoms. The smallest absolute Gasteiger partial charge is 0.270 e. The normalized spacial score (nSPS) is 14.8. The van der Waals surface area contributed by atoms with Crippen molar-refractivity contribution in [2.45, 2.75) is 32.2 Å². The van der Waals surface area contributed by atoms with Crippen LogP contribution in [0, 0.1) is 0 Å². The maximum Gasteiger partial charge on any atom is 0.270 e. The number of aromatic nitrogens is 1. The molecule has 1 fully saturated rings. The Hall–Kier alpha value is -2.79. The topological polar surface area (TPSA) is 56.4 Å². The number of likely N-dealkylation sites (tertiary alicyclic amines) is 1. The number of halogens is 1. The highest BCUT2D eigenvalue weighted by molar-refractivity contribution is 6.31. The average molecular weight is 424 g/mol. The van der Waals surface area contributed by atoms with Gasteiger partial charge in [-0.05, 0) is 49.6 Å². The van der Waals surface area contributed by atoms with Gasteiger partial charge >= 0.3 is 0 Å². The van der Waals surface area contributed by atoms with Gasteiger partial charge in [-0.15, -0.1) is 0 Å². The van der Waals surface area contributed by atoms with E-state index in [2.05, 4.69) is 11.9 Å². The summed E-state index contributed by atoms with van der Waals surface area (Å²) in [5, 5.41) is 1.62. The van der Waals surface area contributed by atoms with Crippen molar-refractivity contribution in [2.75, 3.05) is 19.6 Å². The largest absolute Gasteiger partial charge is 0.350 e. The van der Waals surface area contributed by atoms with Crippen LogP contribution in [-0.2, 0) is 0 Å². The Labute approximate surface area is 181 Å². The van der Waals surface area contributed by atoms with E-state index in [1.54, 1.807) is 0 Å². The van der Waals surface area contributed by atoms with E-state index >= 15 is 0 Å². The zero-order valence-electron chi connectivity index (χ0n) is 17.1. The van der Waals surface area contributed by atoms with E-state index in [9.17, 15) is 9.59 Å². The van der Waals surface area contributed by atoms with Gasteiger partial charge in [-0.25, -0.2) is 0 Å². The number of benzene rings is 2. The fraction of sp³-hybridized carbons (Fsp3) is 0.333. The molecule has 1 N–H and O–H groups in total. The fourth-order valence-electron chi connectivity index (χ4n) is 4.20. The number of H-pyrrole nitrogens is 1. The Balaban J connectivity index is 1.46. The lowest BCUT2D eigenvalue weighted by Gasteiger charge is -2.38. The van der Waals surface area contributed by atoms with Crippen LogP contribution in [0.1, 0.15) is 47.0 Å². The number of hydrogen-bond acceptors (Lipinski definition) is 2. The Kier molecular flexibility index (Phi) is 6.09. The van der Waals surface area contributed by atoms with Crippen LogP contribution in [0.5, 0.6) is 0 Å². The second-order valence-electron chi connectivity index (χ2n) is 7.80. The molecule has 1 aromatic heterocycles. The Morgan fingerprint density at radius 1 is 1.10 bits per heavy atom. The van der Waals surface area contributed by atoms with Crippen molar-refractivity contribution in [1.29, 1.82) is 0 Å². The standard InChI is InChI=1S/C24H26ClN3O2/c1-2-12-28(24(30)22-15-18-8-9-19(25)16-21(18)26-22)20-10-13-27(14-11-20)23(29)17-6-4-3-5-7-17/h3-9,15-16,20,26H,2,10-14H2,1H3. The molecule has 2 aromatic carbocycles. The third-order valence-electron chi connectivity index (χ3n) is 5.75. The van der Waals surface area contributed by atoms with E-state index in [1.807, 2.05) is 64.4 Å². The highest BCUT2D eigenvalue weighted by atomic mass is 35.5. The minimum absolute atomic E-state index is 0.0111. The fourth-order valence-corrected chi connectivity index (χ4v) is 4.38. The Morgan fingerprint density at radius 2 is 1.83 bits per heavy atom. The summed E-state index contributed by atoms with van der Waals surface area (Å²) < 4.78 is 0. The summed E-state index contributed by atoms with van der Waals surface area (Å²) >= 11 is 6.08. The summed E-state index contributed by atoms with van der Waals surface area (Å²) in [6.07, 6.45) is 2.47. The van der Waals surface area contributed by atoms with E-state index in [1.165, 1.54) is 0 Å². The quantitative estimate of drug-likeness (QED) is 0.629. The van der Waals surface area contributed by atoms with Crippen LogP contribution in [0.25, 0.3) is 10.9 Å². The van der Waals surface area contributed by atoms with Gasteiger partial charge in [-0.1, -0.05) is 42.8 Å². The minimum Gasteiger partial charge on any atom is -0.350 e. The first-order valence-corrected chi connectivity index (χ1v) is 10.9. The number of nitrogens with zero attached hydrogens (tertiary/aromatic N) is 2. The van der Waals surface area contributed by atoms with Crippen LogP contribution in [0.4, 0.5) is 0 Å². The van der Waals surface area contributed by atoms with Gasteiger partial charge in [0.2, 0.25) is 0 Å². The zero-order valence-corrected chi connectivity index (χ0v) is 17.9. The molecule has 1 aliphatic rings. The Bertz CT molecular complexity index is 1040. The zero-order chi connectivity index (χ0) is 21.1. The number of carbonyl (C=O) groups is 2. The SMILES string of the molecule is CCCN(C(=O)c1cc2ccc(Cl)cc2[nH]1)C1CCN(C(=O)c2ccccc2)CC1. The number of carbonyl (C=O) groups excluding carboxylic acids is 2. The lowest BCUT2D eigenvalue weighted by molar-refractivity contribution is 0.0516. The van der Waals surface area contributed by atoms with Crippen LogP contribution >= 0.6 is 11.6 Å². The summed E-state index contributed by atoms with van der Waals surface area (Å²) in [4.78, 5) is 33.1. The molecule has 3 aromatic rings. The molecule has 0 radical (unpaired) electrons. The maximum absolute atomic E-state index is 13.3. The van der Waals surface area contributed by atoms with Gasteiger partial charge in [-0.2, -0.15) is 0 Å². The van der Waals surface area contributed by atoms with Crippen LogP contribution in [0.15, 0.2) is 54.6 Å². The number of aromatic amines is 1. The number of hydrogen-bond donors (Lipinski definition) is 1. The summed E-state index contributed by atoms with van der Waals surface area (Å²) in [5.41, 5.74) is 2.17. The molecule has 5 nitrogen and oxygen atoms in total. The molecule has 156 valence electrons. The van der Waals surface area contributed by atoms with E-state index in [4.69, 9.17) is 11.6 Å². The van der Waals surface area contributed by atoms with E-state index in [0.29, 0.717) is 35.9 Å². The molecule has 0 atom stereocenters. The predicted octanol–water partition coefficient (Wildman–Crippen LogP) is 4.98. The van der Waals surface area contributed by atoms with Crippen molar-refractivity contribution in [1.82, 2.24) is 14.8 Å². The molecule has 0 bridgehead atoms. The summed E-state index contributed by atoms with van der Waals surface area (Å²) in [6, 6.07) is 17.0. The molecule has 2 amide bonds. The number of nitrogens with one attached hydrogen (secondary N) is 1. The monoisotopic (exact) mass is 423 g/mol. The van der Waals surface area contributed by atoms with Gasteiger partial charge in [0, 0.05) is 47.2 Å². The van der Waals surface area contributed by atoms with Gasteiger partial charge in [0.1, 0.15) is 5.69 Å². The summed E-state index contributed by atoms with van der Waals surface area (Å²) in [6.45, 7) is 4.11. The number of piperidine rings is 1. The average Bonchev–Trinajstić information content (AvgIpc) is 3.20. The van der Waals surface area contributed by atoms with Gasteiger partial charge in [-0.3, -0.25) is 9.59 Å². The number of fused-ring (bicyclic) bond motifs is 1. The number of amides is 2. The van der Waals surface area contributed by atoms with Gasteiger partial charge in [0.05, 0.1) is 0 Å². The second kappa shape index (κ2) is 8.92. The van der Waals surface area contributed by atoms with Crippen molar-refractivity contribution in [3.05, 3.63) is 70.9 Å². The van der Waals surface area contributed by atoms with Crippen LogP contribution in [0.3, 0.4) is 0 Å². The third-order valence-corrected chi connectivity index (χ3v) is 5.99. The molecule has 4 rings (SSSR count). The molecule has 1 saturated heterocycles. The van der Waals surface area contributed by atoms with Crippen LogP contribution in [-0.4, -0.2) is 52.3 Å². The third kappa shape index (κ3) is 4.21. The minimum atomic E-state index is 0.0111. The maximum atomic E-state index is 13.3. The van der Waals surface area contributed by atoms with Crippen LogP contribution < -0.4 is 0 Å². The number of rotatable bonds is 5. The van der Waals surface area contributed by atoms with Gasteiger partial charge in [0.15, 0.2) is 0 Å². The Morgan fingerprint density at radius 3 is 2.53 bits per heavy atom. The molecule has 6 heteroatoms. The summed E-state index contributed by atoms with van der Waals surface area (Å²) in [7, 11) is 0. The van der Waals surface area contributed by atoms with Crippen molar-refractivity contribution in [3.8, 4) is 0 Å². The first-order chi connectivity index (χ1) is 14.6. The first-order valence-electron chi connectivity index (χ1n) is 10.5. The van der Waals surface area contributed by atoms with Crippen molar-refractivity contribution in [2.24, 2.45) is 0 Å². The molecule has 0 aliphatic carbocycles. The van der Waals surface area contributed by atoms with Gasteiger partial charge < -0.3 is 14.8 Å². The van der Waals surface area contributed by atoms with Crippen molar-refractivity contribution < 1.29 is 9.59 Å². The highest BCUT2D eigenvalue weighted by Crippen LogP contribution is 2.24. The first kappa shape index (κ1) is 20.5. The summed E-state index contributed by atoms with van der Waals surface area (Å²) in [5.74, 6) is 0.0759. The molecule has 2 heterocycles. The van der Waals surface area contributed by atoms with E-state index in [-0.39, 0.29) is 17.9 Å². The molecule has 30 heavy (non-hydrogen) atoms. The molecule has 0 unspecified atom stereocenters. The lowest BCUT2D eigenvalue weighted by atomic mass is 10.0.